The molecule has 2 aromatic carbocycles. The van der Waals surface area contributed by atoms with E-state index in [4.69, 9.17) is 14.4 Å². The van der Waals surface area contributed by atoms with Gasteiger partial charge in [0.2, 0.25) is 0 Å². The average Bonchev–Trinajstić information content (AvgIpc) is 3.39. The van der Waals surface area contributed by atoms with Crippen molar-refractivity contribution in [1.29, 1.82) is 5.26 Å². The number of carbonyl (C=O) groups excluding carboxylic acids is 2. The maximum atomic E-state index is 13.4. The van der Waals surface area contributed by atoms with Crippen LogP contribution in [0.15, 0.2) is 76.2 Å². The van der Waals surface area contributed by atoms with Crippen LogP contribution in [-0.2, 0) is 15.3 Å². The van der Waals surface area contributed by atoms with Crippen LogP contribution in [0.1, 0.15) is 30.7 Å². The molecular formula is C25H20N2O4S. The normalized spacial score (nSPS) is 13.8. The fourth-order valence-electron chi connectivity index (χ4n) is 3.33. The van der Waals surface area contributed by atoms with Gasteiger partial charge in [0.25, 0.3) is 11.8 Å². The number of imide groups is 1. The van der Waals surface area contributed by atoms with Crippen LogP contribution in [0.3, 0.4) is 0 Å². The molecule has 0 spiro atoms. The Bertz CT molecular complexity index is 1200. The minimum absolute atomic E-state index is 0.0287. The number of ether oxygens (including phenoxy) is 1. The van der Waals surface area contributed by atoms with Crippen molar-refractivity contribution in [3.8, 4) is 11.8 Å². The third-order valence-electron chi connectivity index (χ3n) is 4.75. The van der Waals surface area contributed by atoms with E-state index in [0.717, 1.165) is 4.90 Å². The van der Waals surface area contributed by atoms with E-state index in [0.29, 0.717) is 44.6 Å². The third kappa shape index (κ3) is 4.32. The predicted octanol–water partition coefficient (Wildman–Crippen LogP) is 5.16. The van der Waals surface area contributed by atoms with Crippen molar-refractivity contribution in [1.82, 2.24) is 0 Å². The van der Waals surface area contributed by atoms with Crippen molar-refractivity contribution < 1.29 is 18.7 Å². The topological polar surface area (TPSA) is 83.5 Å². The molecule has 0 fully saturated rings. The Labute approximate surface area is 190 Å². The van der Waals surface area contributed by atoms with Gasteiger partial charge in [-0.2, -0.15) is 5.26 Å². The number of benzene rings is 2. The van der Waals surface area contributed by atoms with E-state index in [-0.39, 0.29) is 6.10 Å². The van der Waals surface area contributed by atoms with Crippen LogP contribution in [0.5, 0.6) is 5.75 Å². The number of thioether (sulfide) groups is 1. The van der Waals surface area contributed by atoms with Gasteiger partial charge in [0, 0.05) is 0 Å². The van der Waals surface area contributed by atoms with E-state index >= 15 is 0 Å². The first-order chi connectivity index (χ1) is 15.5. The van der Waals surface area contributed by atoms with Crippen LogP contribution in [0.25, 0.3) is 5.57 Å². The number of carbonyl (C=O) groups is 2. The maximum Gasteiger partial charge on any atom is 0.272 e. The molecule has 0 N–H and O–H groups in total. The molecule has 0 bridgehead atoms. The number of nitriles is 1. The number of nitrogens with zero attached hydrogens (tertiary/aromatic N) is 2. The number of amides is 2. The molecule has 2 amide bonds. The summed E-state index contributed by atoms with van der Waals surface area (Å²) >= 11 is 1.27. The molecule has 1 aliphatic rings. The summed E-state index contributed by atoms with van der Waals surface area (Å²) in [5.74, 6) is 1.02. The van der Waals surface area contributed by atoms with E-state index in [1.165, 1.54) is 11.8 Å². The molecule has 6 nitrogen and oxygen atoms in total. The second-order valence-corrected chi connectivity index (χ2v) is 8.35. The Hall–Kier alpha value is -3.76. The molecule has 0 atom stereocenters. The molecule has 1 aliphatic heterocycles. The van der Waals surface area contributed by atoms with E-state index in [9.17, 15) is 9.59 Å². The molecule has 4 rings (SSSR count). The van der Waals surface area contributed by atoms with Gasteiger partial charge in [-0.15, -0.1) is 11.8 Å². The monoisotopic (exact) mass is 444 g/mol. The van der Waals surface area contributed by atoms with Crippen LogP contribution < -0.4 is 9.64 Å². The van der Waals surface area contributed by atoms with Gasteiger partial charge in [0.05, 0.1) is 45.9 Å². The fourth-order valence-corrected chi connectivity index (χ4v) is 4.34. The second kappa shape index (κ2) is 9.16. The summed E-state index contributed by atoms with van der Waals surface area (Å²) in [7, 11) is 0. The molecule has 1 aromatic heterocycles. The van der Waals surface area contributed by atoms with Gasteiger partial charge >= 0.3 is 0 Å². The van der Waals surface area contributed by atoms with Crippen molar-refractivity contribution in [2.75, 3.05) is 4.90 Å². The number of rotatable bonds is 7. The lowest BCUT2D eigenvalue weighted by Gasteiger charge is -2.15. The van der Waals surface area contributed by atoms with Gasteiger partial charge < -0.3 is 9.15 Å². The minimum atomic E-state index is -0.404. The van der Waals surface area contributed by atoms with Crippen LogP contribution in [-0.4, -0.2) is 17.9 Å². The first kappa shape index (κ1) is 21.5. The van der Waals surface area contributed by atoms with Crippen molar-refractivity contribution in [2.45, 2.75) is 25.7 Å². The standard InChI is InChI=1S/C25H20N2O4S/c1-16(2)31-20-11-7-18(8-12-20)22-23(32-15-21-4-3-13-30-21)25(29)27(24(22)28)19-9-5-17(14-26)6-10-19/h3-13,16H,15H2,1-2H3. The zero-order chi connectivity index (χ0) is 22.7. The minimum Gasteiger partial charge on any atom is -0.491 e. The summed E-state index contributed by atoms with van der Waals surface area (Å²) in [6, 6.07) is 19.2. The lowest BCUT2D eigenvalue weighted by Crippen LogP contribution is -2.31. The Morgan fingerprint density at radius 3 is 2.34 bits per heavy atom. The van der Waals surface area contributed by atoms with Crippen LogP contribution in [0.4, 0.5) is 5.69 Å². The van der Waals surface area contributed by atoms with Crippen molar-refractivity contribution in [3.63, 3.8) is 0 Å². The quantitative estimate of drug-likeness (QED) is 0.468. The Kier molecular flexibility index (Phi) is 6.15. The number of furan rings is 1. The van der Waals surface area contributed by atoms with Gasteiger partial charge in [-0.3, -0.25) is 9.59 Å². The molecule has 32 heavy (non-hydrogen) atoms. The molecule has 0 saturated heterocycles. The van der Waals surface area contributed by atoms with Crippen molar-refractivity contribution in [2.24, 2.45) is 0 Å². The highest BCUT2D eigenvalue weighted by atomic mass is 32.2. The predicted molar refractivity (Wildman–Crippen MR) is 123 cm³/mol. The first-order valence-electron chi connectivity index (χ1n) is 10.0. The van der Waals surface area contributed by atoms with Gasteiger partial charge in [0.1, 0.15) is 11.5 Å². The average molecular weight is 445 g/mol. The summed E-state index contributed by atoms with van der Waals surface area (Å²) in [5, 5.41) is 9.04. The van der Waals surface area contributed by atoms with E-state index < -0.39 is 11.8 Å². The lowest BCUT2D eigenvalue weighted by molar-refractivity contribution is -0.119. The highest BCUT2D eigenvalue weighted by Gasteiger charge is 2.40. The highest BCUT2D eigenvalue weighted by Crippen LogP contribution is 2.40. The zero-order valence-corrected chi connectivity index (χ0v) is 18.4. The first-order valence-corrected chi connectivity index (χ1v) is 11.0. The van der Waals surface area contributed by atoms with Crippen molar-refractivity contribution >= 4 is 34.8 Å². The van der Waals surface area contributed by atoms with E-state index in [1.807, 2.05) is 26.0 Å². The summed E-state index contributed by atoms with van der Waals surface area (Å²) < 4.78 is 11.1. The molecular weight excluding hydrogens is 424 g/mol. The maximum absolute atomic E-state index is 13.4. The SMILES string of the molecule is CC(C)Oc1ccc(C2=C(SCc3ccco3)C(=O)N(c3ccc(C#N)cc3)C2=O)cc1. The third-order valence-corrected chi connectivity index (χ3v) is 5.85. The number of hydrogen-bond acceptors (Lipinski definition) is 6. The van der Waals surface area contributed by atoms with Gasteiger partial charge in [-0.25, -0.2) is 4.90 Å². The summed E-state index contributed by atoms with van der Waals surface area (Å²) in [6.07, 6.45) is 1.60. The van der Waals surface area contributed by atoms with Gasteiger partial charge in [-0.1, -0.05) is 12.1 Å². The molecule has 3 aromatic rings. The highest BCUT2D eigenvalue weighted by molar-refractivity contribution is 8.03. The Morgan fingerprint density at radius 2 is 1.75 bits per heavy atom. The summed E-state index contributed by atoms with van der Waals surface area (Å²) in [5.41, 5.74) is 1.85. The smallest absolute Gasteiger partial charge is 0.272 e. The zero-order valence-electron chi connectivity index (χ0n) is 17.6. The Balaban J connectivity index is 1.70. The summed E-state index contributed by atoms with van der Waals surface area (Å²) in [4.78, 5) is 28.3. The van der Waals surface area contributed by atoms with Crippen molar-refractivity contribution in [3.05, 3.63) is 88.7 Å². The molecule has 2 heterocycles. The fraction of sp³-hybridized carbons (Fsp3) is 0.160. The van der Waals surface area contributed by atoms with Gasteiger partial charge in [-0.05, 0) is 67.9 Å². The summed E-state index contributed by atoms with van der Waals surface area (Å²) in [6.45, 7) is 3.88. The molecule has 0 radical (unpaired) electrons. The molecule has 0 aliphatic carbocycles. The van der Waals surface area contributed by atoms with Gasteiger partial charge in [0.15, 0.2) is 0 Å². The largest absolute Gasteiger partial charge is 0.491 e. The number of hydrogen-bond donors (Lipinski definition) is 0. The number of anilines is 1. The van der Waals surface area contributed by atoms with E-state index in [2.05, 4.69) is 0 Å². The van der Waals surface area contributed by atoms with E-state index in [1.54, 1.807) is 60.9 Å². The Morgan fingerprint density at radius 1 is 1.03 bits per heavy atom. The molecule has 0 unspecified atom stereocenters. The van der Waals surface area contributed by atoms with Crippen LogP contribution in [0, 0.1) is 11.3 Å². The van der Waals surface area contributed by atoms with Crippen LogP contribution >= 0.6 is 11.8 Å². The molecule has 7 heteroatoms. The molecule has 0 saturated carbocycles. The van der Waals surface area contributed by atoms with Crippen LogP contribution in [0.2, 0.25) is 0 Å². The lowest BCUT2D eigenvalue weighted by atomic mass is 10.1. The second-order valence-electron chi connectivity index (χ2n) is 7.37. The molecule has 160 valence electrons.